The zero-order valence-corrected chi connectivity index (χ0v) is 25.0. The summed E-state index contributed by atoms with van der Waals surface area (Å²) in [7, 11) is 1.28. The number of hydrogen-bond donors (Lipinski definition) is 4. The fourth-order valence-electron chi connectivity index (χ4n) is 3.79. The van der Waals surface area contributed by atoms with Crippen LogP contribution in [-0.4, -0.2) is 56.5 Å². The van der Waals surface area contributed by atoms with Gasteiger partial charge in [-0.25, -0.2) is 9.59 Å². The molecule has 1 aliphatic rings. The lowest BCUT2D eigenvalue weighted by molar-refractivity contribution is -0.136. The molecule has 1 heterocycles. The molecule has 11 nitrogen and oxygen atoms in total. The van der Waals surface area contributed by atoms with E-state index in [2.05, 4.69) is 53.0 Å². The molecule has 0 aromatic heterocycles. The maximum Gasteiger partial charge on any atom is 0.337 e. The van der Waals surface area contributed by atoms with Gasteiger partial charge < -0.3 is 34.7 Å². The van der Waals surface area contributed by atoms with Gasteiger partial charge in [0.2, 0.25) is 0 Å². The number of aliphatic hydroxyl groups excluding tert-OH is 1. The molecule has 0 spiro atoms. The number of carbonyl (C=O) groups is 2. The second-order valence-electron chi connectivity index (χ2n) is 8.15. The van der Waals surface area contributed by atoms with Gasteiger partial charge in [-0.15, -0.1) is 0 Å². The Kier molecular flexibility index (Phi) is 11.0. The minimum atomic E-state index is -1.14. The number of carbonyl (C=O) groups excluding carboxylic acids is 2. The summed E-state index contributed by atoms with van der Waals surface area (Å²) < 4.78 is 23.7. The average Bonchev–Trinajstić information content (AvgIpc) is 2.89. The molecular weight excluding hydrogens is 640 g/mol. The number of urea groups is 1. The Morgan fingerprint density at radius 3 is 2.59 bits per heavy atom. The summed E-state index contributed by atoms with van der Waals surface area (Å²) in [5.41, 5.74) is 4.58. The first-order chi connectivity index (χ1) is 18.7. The molecule has 0 fully saturated rings. The van der Waals surface area contributed by atoms with E-state index in [4.69, 9.17) is 18.9 Å². The van der Waals surface area contributed by atoms with Gasteiger partial charge in [-0.2, -0.15) is 5.10 Å². The normalized spacial score (nSPS) is 15.9. The molecule has 4 N–H and O–H groups in total. The predicted octanol–water partition coefficient (Wildman–Crippen LogP) is 4.13. The van der Waals surface area contributed by atoms with Crippen molar-refractivity contribution < 1.29 is 33.6 Å². The number of hydrazone groups is 1. The molecule has 0 aliphatic carbocycles. The van der Waals surface area contributed by atoms with Crippen LogP contribution in [0.3, 0.4) is 0 Å². The van der Waals surface area contributed by atoms with E-state index in [1.54, 1.807) is 25.1 Å². The van der Waals surface area contributed by atoms with Gasteiger partial charge in [0.25, 0.3) is 0 Å². The van der Waals surface area contributed by atoms with Crippen LogP contribution in [-0.2, 0) is 9.53 Å². The van der Waals surface area contributed by atoms with Crippen molar-refractivity contribution in [2.45, 2.75) is 33.0 Å². The highest BCUT2D eigenvalue weighted by molar-refractivity contribution is 9.11. The maximum absolute atomic E-state index is 12.4. The van der Waals surface area contributed by atoms with Crippen LogP contribution >= 0.6 is 31.9 Å². The molecule has 0 unspecified atom stereocenters. The van der Waals surface area contributed by atoms with Crippen LogP contribution in [0.1, 0.15) is 37.9 Å². The molecule has 2 aromatic rings. The van der Waals surface area contributed by atoms with E-state index in [1.165, 1.54) is 13.3 Å². The van der Waals surface area contributed by atoms with Crippen molar-refractivity contribution in [1.82, 2.24) is 16.1 Å². The van der Waals surface area contributed by atoms with Crippen LogP contribution in [0, 0.1) is 0 Å². The number of esters is 1. The van der Waals surface area contributed by atoms with Crippen LogP contribution < -0.4 is 30.3 Å². The topological polar surface area (TPSA) is 140 Å². The number of hydrogen-bond acceptors (Lipinski definition) is 9. The van der Waals surface area contributed by atoms with Crippen molar-refractivity contribution in [3.05, 3.63) is 61.7 Å². The minimum Gasteiger partial charge on any atom is -0.492 e. The molecule has 0 bridgehead atoms. The van der Waals surface area contributed by atoms with Crippen molar-refractivity contribution in [2.75, 3.05) is 26.9 Å². The Labute approximate surface area is 243 Å². The van der Waals surface area contributed by atoms with Crippen molar-refractivity contribution in [1.29, 1.82) is 0 Å². The third kappa shape index (κ3) is 7.87. The van der Waals surface area contributed by atoms with Gasteiger partial charge in [0.05, 0.1) is 42.6 Å². The SMILES string of the molecule is CCOc1cc([C@H]2NC(=O)NC(C)=C2C(=O)OC)ccc1OC[C@@H](O)N/N=C/c1cc(Br)cc(Br)c1OCC. The summed E-state index contributed by atoms with van der Waals surface area (Å²) in [4.78, 5) is 24.5. The summed E-state index contributed by atoms with van der Waals surface area (Å²) in [5, 5.41) is 19.8. The maximum atomic E-state index is 12.4. The quantitative estimate of drug-likeness (QED) is 0.115. The Hall–Kier alpha value is -3.29. The summed E-state index contributed by atoms with van der Waals surface area (Å²) in [6.07, 6.45) is 0.396. The summed E-state index contributed by atoms with van der Waals surface area (Å²) in [6, 6.07) is 7.52. The first-order valence-corrected chi connectivity index (χ1v) is 13.6. The Morgan fingerprint density at radius 1 is 1.15 bits per heavy atom. The van der Waals surface area contributed by atoms with Crippen molar-refractivity contribution >= 4 is 50.1 Å². The Morgan fingerprint density at radius 2 is 1.90 bits per heavy atom. The molecule has 0 saturated carbocycles. The van der Waals surface area contributed by atoms with Crippen molar-refractivity contribution in [2.24, 2.45) is 5.10 Å². The number of nitrogens with zero attached hydrogens (tertiary/aromatic N) is 1. The molecule has 2 aromatic carbocycles. The van der Waals surface area contributed by atoms with Gasteiger partial charge in [-0.05, 0) is 66.5 Å². The second-order valence-corrected chi connectivity index (χ2v) is 9.92. The molecule has 39 heavy (non-hydrogen) atoms. The third-order valence-electron chi connectivity index (χ3n) is 5.43. The number of allylic oxidation sites excluding steroid dienone is 1. The number of aliphatic hydroxyl groups is 1. The molecule has 0 radical (unpaired) electrons. The fraction of sp³-hybridized carbons (Fsp3) is 0.346. The van der Waals surface area contributed by atoms with Crippen molar-refractivity contribution in [3.8, 4) is 17.2 Å². The zero-order chi connectivity index (χ0) is 28.5. The number of benzene rings is 2. The molecule has 3 rings (SSSR count). The molecule has 210 valence electrons. The molecule has 13 heteroatoms. The number of ether oxygens (including phenoxy) is 4. The van der Waals surface area contributed by atoms with E-state index in [9.17, 15) is 14.7 Å². The van der Waals surface area contributed by atoms with E-state index in [-0.39, 0.29) is 12.2 Å². The summed E-state index contributed by atoms with van der Waals surface area (Å²) in [5.74, 6) is 0.798. The Bertz CT molecular complexity index is 1270. The molecule has 0 saturated heterocycles. The van der Waals surface area contributed by atoms with Gasteiger partial charge in [-0.1, -0.05) is 22.0 Å². The molecule has 2 amide bonds. The molecule has 1 aliphatic heterocycles. The summed E-state index contributed by atoms with van der Waals surface area (Å²) in [6.45, 7) is 6.00. The Balaban J connectivity index is 1.72. The standard InChI is InChI=1S/C26H30Br2N4O7/c1-5-37-20-10-15(23-22(25(34)36-4)14(3)30-26(35)31-23)7-8-19(20)39-13-21(33)32-29-12-16-9-17(27)11-18(28)24(16)38-6-2/h7-12,21,23,32-33H,5-6,13H2,1-4H3,(H2,30,31,35)/b29-12+/t21-,23-/m1/s1. The van der Waals surface area contributed by atoms with Gasteiger partial charge in [0.15, 0.2) is 17.7 Å². The predicted molar refractivity (Wildman–Crippen MR) is 152 cm³/mol. The first kappa shape index (κ1) is 30.3. The average molecular weight is 670 g/mol. The fourth-order valence-corrected chi connectivity index (χ4v) is 5.16. The zero-order valence-electron chi connectivity index (χ0n) is 21.8. The molecule has 2 atom stereocenters. The van der Waals surface area contributed by atoms with Gasteiger partial charge in [0, 0.05) is 15.7 Å². The number of halogens is 2. The lowest BCUT2D eigenvalue weighted by Gasteiger charge is -2.28. The van der Waals surface area contributed by atoms with E-state index in [1.807, 2.05) is 26.0 Å². The van der Waals surface area contributed by atoms with E-state index in [0.29, 0.717) is 47.3 Å². The smallest absolute Gasteiger partial charge is 0.337 e. The van der Waals surface area contributed by atoms with Gasteiger partial charge in [-0.3, -0.25) is 5.43 Å². The van der Waals surface area contributed by atoms with E-state index >= 15 is 0 Å². The van der Waals surface area contributed by atoms with E-state index < -0.39 is 24.3 Å². The van der Waals surface area contributed by atoms with Crippen LogP contribution in [0.15, 0.2) is 55.6 Å². The lowest BCUT2D eigenvalue weighted by Crippen LogP contribution is -2.45. The second kappa shape index (κ2) is 14.2. The first-order valence-electron chi connectivity index (χ1n) is 12.0. The highest BCUT2D eigenvalue weighted by atomic mass is 79.9. The number of amides is 2. The highest BCUT2D eigenvalue weighted by Crippen LogP contribution is 2.35. The lowest BCUT2D eigenvalue weighted by atomic mass is 9.95. The number of methoxy groups -OCH3 is 1. The van der Waals surface area contributed by atoms with Gasteiger partial charge in [0.1, 0.15) is 12.4 Å². The number of nitrogens with one attached hydrogen (secondary N) is 3. The van der Waals surface area contributed by atoms with Gasteiger partial charge >= 0.3 is 12.0 Å². The number of rotatable bonds is 12. The molecular formula is C26H30Br2N4O7. The van der Waals surface area contributed by atoms with E-state index in [0.717, 1.165) is 8.95 Å². The highest BCUT2D eigenvalue weighted by Gasteiger charge is 2.32. The van der Waals surface area contributed by atoms with Crippen LogP contribution in [0.4, 0.5) is 4.79 Å². The third-order valence-corrected chi connectivity index (χ3v) is 6.47. The van der Waals surface area contributed by atoms with Crippen LogP contribution in [0.5, 0.6) is 17.2 Å². The minimum absolute atomic E-state index is 0.145. The van der Waals surface area contributed by atoms with Crippen molar-refractivity contribution in [3.63, 3.8) is 0 Å². The summed E-state index contributed by atoms with van der Waals surface area (Å²) >= 11 is 6.91. The monoisotopic (exact) mass is 668 g/mol. The largest absolute Gasteiger partial charge is 0.492 e. The van der Waals surface area contributed by atoms with Crippen LogP contribution in [0.25, 0.3) is 0 Å². The van der Waals surface area contributed by atoms with Crippen LogP contribution in [0.2, 0.25) is 0 Å².